The molecule has 0 radical (unpaired) electrons. The van der Waals surface area contributed by atoms with Crippen LogP contribution in [0.1, 0.15) is 23.2 Å². The maximum Gasteiger partial charge on any atom is 0.252 e. The molecule has 1 atom stereocenters. The van der Waals surface area contributed by atoms with Crippen LogP contribution in [-0.2, 0) is 4.74 Å². The summed E-state index contributed by atoms with van der Waals surface area (Å²) in [6.45, 7) is 1.21. The van der Waals surface area contributed by atoms with Gasteiger partial charge in [0.25, 0.3) is 5.91 Å². The van der Waals surface area contributed by atoms with E-state index in [1.165, 1.54) is 12.3 Å². The average molecular weight is 366 g/mol. The molecule has 1 aliphatic rings. The van der Waals surface area contributed by atoms with Crippen LogP contribution in [0.5, 0.6) is 0 Å². The highest BCUT2D eigenvalue weighted by atomic mass is 19.1. The number of hydrogen-bond donors (Lipinski definition) is 1. The molecule has 2 heterocycles. The normalized spacial score (nSPS) is 16.4. The molecular formula is C21H19FN2O3. The number of carbonyl (C=O) groups is 1. The van der Waals surface area contributed by atoms with Gasteiger partial charge in [0.1, 0.15) is 5.82 Å². The van der Waals surface area contributed by atoms with Gasteiger partial charge in [-0.3, -0.25) is 4.79 Å². The molecule has 6 heteroatoms. The Morgan fingerprint density at radius 3 is 2.70 bits per heavy atom. The molecule has 1 amide bonds. The Hall–Kier alpha value is -2.99. The summed E-state index contributed by atoms with van der Waals surface area (Å²) in [4.78, 5) is 16.9. The van der Waals surface area contributed by atoms with Crippen molar-refractivity contribution in [2.75, 3.05) is 13.2 Å². The second kappa shape index (κ2) is 7.72. The maximum atomic E-state index is 14.0. The Labute approximate surface area is 156 Å². The molecular weight excluding hydrogens is 347 g/mol. The number of nitrogens with zero attached hydrogens (tertiary/aromatic N) is 1. The Kier molecular flexibility index (Phi) is 4.98. The van der Waals surface area contributed by atoms with Crippen molar-refractivity contribution in [1.29, 1.82) is 0 Å². The van der Waals surface area contributed by atoms with Crippen LogP contribution in [-0.4, -0.2) is 30.1 Å². The van der Waals surface area contributed by atoms with Gasteiger partial charge in [0.2, 0.25) is 5.89 Å². The minimum Gasteiger partial charge on any atom is -0.436 e. The molecule has 1 saturated heterocycles. The fraction of sp³-hybridized carbons (Fsp3) is 0.238. The lowest BCUT2D eigenvalue weighted by atomic mass is 10.1. The van der Waals surface area contributed by atoms with Crippen molar-refractivity contribution in [3.05, 3.63) is 66.1 Å². The lowest BCUT2D eigenvalue weighted by molar-refractivity contribution is 0.0858. The van der Waals surface area contributed by atoms with E-state index in [0.717, 1.165) is 19.4 Å². The zero-order valence-corrected chi connectivity index (χ0v) is 14.7. The molecule has 0 unspecified atom stereocenters. The van der Waals surface area contributed by atoms with Gasteiger partial charge >= 0.3 is 0 Å². The Morgan fingerprint density at radius 1 is 1.15 bits per heavy atom. The van der Waals surface area contributed by atoms with Crippen LogP contribution in [0.2, 0.25) is 0 Å². The van der Waals surface area contributed by atoms with Crippen LogP contribution >= 0.6 is 0 Å². The van der Waals surface area contributed by atoms with Crippen molar-refractivity contribution in [1.82, 2.24) is 10.3 Å². The molecule has 3 aromatic rings. The first-order valence-electron chi connectivity index (χ1n) is 8.92. The number of nitrogens with one attached hydrogen (secondary N) is 1. The largest absolute Gasteiger partial charge is 0.436 e. The van der Waals surface area contributed by atoms with E-state index in [1.807, 2.05) is 0 Å². The van der Waals surface area contributed by atoms with E-state index in [-0.39, 0.29) is 23.7 Å². The molecule has 1 N–H and O–H groups in total. The van der Waals surface area contributed by atoms with Crippen LogP contribution in [0.3, 0.4) is 0 Å². The Balaban J connectivity index is 1.58. The number of carbonyl (C=O) groups excluding carboxylic acids is 1. The molecule has 1 fully saturated rings. The number of amides is 1. The van der Waals surface area contributed by atoms with Crippen molar-refractivity contribution in [3.8, 4) is 22.8 Å². The van der Waals surface area contributed by atoms with Gasteiger partial charge in [-0.15, -0.1) is 0 Å². The van der Waals surface area contributed by atoms with E-state index in [1.54, 1.807) is 42.5 Å². The van der Waals surface area contributed by atoms with Crippen molar-refractivity contribution >= 4 is 5.91 Å². The molecule has 5 nitrogen and oxygen atoms in total. The van der Waals surface area contributed by atoms with E-state index in [9.17, 15) is 9.18 Å². The van der Waals surface area contributed by atoms with Crippen molar-refractivity contribution < 1.29 is 18.3 Å². The number of ether oxygens (including phenoxy) is 1. The number of aromatic nitrogens is 1. The van der Waals surface area contributed by atoms with Crippen LogP contribution in [0.25, 0.3) is 22.8 Å². The first kappa shape index (κ1) is 17.4. The molecule has 27 heavy (non-hydrogen) atoms. The van der Waals surface area contributed by atoms with Crippen molar-refractivity contribution in [2.24, 2.45) is 0 Å². The summed E-state index contributed by atoms with van der Waals surface area (Å²) < 4.78 is 25.3. The second-order valence-electron chi connectivity index (χ2n) is 6.40. The number of halogens is 1. The summed E-state index contributed by atoms with van der Waals surface area (Å²) in [5, 5.41) is 2.91. The van der Waals surface area contributed by atoms with Gasteiger partial charge in [-0.05, 0) is 37.1 Å². The predicted octanol–water partition coefficient (Wildman–Crippen LogP) is 4.06. The first-order chi connectivity index (χ1) is 13.2. The standard InChI is InChI=1S/C21H19FN2O3/c22-18-10-4-3-9-17(18)19-13-24-21(27-19)16-8-2-1-7-15(16)20(25)23-12-14-6-5-11-26-14/h1-4,7-10,13-14H,5-6,11-12H2,(H,23,25)/t14-/m0/s1. The topological polar surface area (TPSA) is 64.4 Å². The van der Waals surface area contributed by atoms with Crippen molar-refractivity contribution in [2.45, 2.75) is 18.9 Å². The quantitative estimate of drug-likeness (QED) is 0.740. The number of oxazole rings is 1. The fourth-order valence-electron chi connectivity index (χ4n) is 3.16. The van der Waals surface area contributed by atoms with Gasteiger partial charge in [-0.1, -0.05) is 24.3 Å². The zero-order valence-electron chi connectivity index (χ0n) is 14.7. The SMILES string of the molecule is O=C(NC[C@@H]1CCCO1)c1ccccc1-c1ncc(-c2ccccc2F)o1. The lowest BCUT2D eigenvalue weighted by Crippen LogP contribution is -2.32. The highest BCUT2D eigenvalue weighted by Gasteiger charge is 2.20. The lowest BCUT2D eigenvalue weighted by Gasteiger charge is -2.12. The average Bonchev–Trinajstić information content (AvgIpc) is 3.38. The molecule has 0 bridgehead atoms. The first-order valence-corrected chi connectivity index (χ1v) is 8.92. The smallest absolute Gasteiger partial charge is 0.252 e. The van der Waals surface area contributed by atoms with Gasteiger partial charge in [-0.25, -0.2) is 9.37 Å². The van der Waals surface area contributed by atoms with Crippen LogP contribution in [0.15, 0.2) is 59.1 Å². The Morgan fingerprint density at radius 2 is 1.93 bits per heavy atom. The summed E-state index contributed by atoms with van der Waals surface area (Å²) in [6, 6.07) is 13.4. The fourth-order valence-corrected chi connectivity index (χ4v) is 3.16. The van der Waals surface area contributed by atoms with Gasteiger partial charge in [0, 0.05) is 18.7 Å². The summed E-state index contributed by atoms with van der Waals surface area (Å²) >= 11 is 0. The minimum atomic E-state index is -0.386. The van der Waals surface area contributed by atoms with Gasteiger partial charge in [0.05, 0.1) is 23.4 Å². The van der Waals surface area contributed by atoms with Crippen LogP contribution < -0.4 is 5.32 Å². The molecule has 2 aromatic carbocycles. The number of rotatable bonds is 5. The molecule has 0 saturated carbocycles. The molecule has 1 aliphatic heterocycles. The molecule has 1 aromatic heterocycles. The third-order valence-corrected chi connectivity index (χ3v) is 4.56. The van der Waals surface area contributed by atoms with E-state index in [4.69, 9.17) is 9.15 Å². The summed E-state index contributed by atoms with van der Waals surface area (Å²) in [5.74, 6) is -0.0108. The molecule has 0 spiro atoms. The third kappa shape index (κ3) is 3.75. The summed E-state index contributed by atoms with van der Waals surface area (Å²) in [5.41, 5.74) is 1.35. The van der Waals surface area contributed by atoms with E-state index >= 15 is 0 Å². The molecule has 0 aliphatic carbocycles. The number of benzene rings is 2. The third-order valence-electron chi connectivity index (χ3n) is 4.56. The van der Waals surface area contributed by atoms with E-state index in [2.05, 4.69) is 10.3 Å². The maximum absolute atomic E-state index is 14.0. The summed E-state index contributed by atoms with van der Waals surface area (Å²) in [7, 11) is 0. The van der Waals surface area contributed by atoms with Crippen LogP contribution in [0.4, 0.5) is 4.39 Å². The monoisotopic (exact) mass is 366 g/mol. The molecule has 138 valence electrons. The zero-order chi connectivity index (χ0) is 18.6. The molecule has 4 rings (SSSR count). The predicted molar refractivity (Wildman–Crippen MR) is 98.6 cm³/mol. The highest BCUT2D eigenvalue weighted by molar-refractivity contribution is 6.00. The van der Waals surface area contributed by atoms with Crippen LogP contribution in [0, 0.1) is 5.82 Å². The van der Waals surface area contributed by atoms with Crippen molar-refractivity contribution in [3.63, 3.8) is 0 Å². The van der Waals surface area contributed by atoms with E-state index < -0.39 is 0 Å². The number of hydrogen-bond acceptors (Lipinski definition) is 4. The Bertz CT molecular complexity index is 948. The summed E-state index contributed by atoms with van der Waals surface area (Å²) in [6.07, 6.45) is 3.50. The highest BCUT2D eigenvalue weighted by Crippen LogP contribution is 2.29. The van der Waals surface area contributed by atoms with Gasteiger partial charge in [0.15, 0.2) is 5.76 Å². The van der Waals surface area contributed by atoms with E-state index in [0.29, 0.717) is 29.0 Å². The second-order valence-corrected chi connectivity index (χ2v) is 6.40. The van der Waals surface area contributed by atoms with Gasteiger partial charge < -0.3 is 14.5 Å². The van der Waals surface area contributed by atoms with Gasteiger partial charge in [-0.2, -0.15) is 0 Å². The minimum absolute atomic E-state index is 0.0653.